The van der Waals surface area contributed by atoms with Gasteiger partial charge in [-0.05, 0) is 36.5 Å². The van der Waals surface area contributed by atoms with Gasteiger partial charge in [-0.25, -0.2) is 4.39 Å². The number of aromatic amines is 1. The molecule has 4 aromatic rings. The maximum absolute atomic E-state index is 14.5. The van der Waals surface area contributed by atoms with Crippen molar-refractivity contribution in [2.75, 3.05) is 30.4 Å². The van der Waals surface area contributed by atoms with Crippen molar-refractivity contribution in [2.24, 2.45) is 23.3 Å². The van der Waals surface area contributed by atoms with Crippen molar-refractivity contribution in [3.05, 3.63) is 42.0 Å². The molecule has 34 heavy (non-hydrogen) atoms. The van der Waals surface area contributed by atoms with E-state index < -0.39 is 5.91 Å². The molecule has 6 N–H and O–H groups in total. The summed E-state index contributed by atoms with van der Waals surface area (Å²) in [7, 11) is 1.74. The number of nitrogens with one attached hydrogen (secondary N) is 2. The van der Waals surface area contributed by atoms with Crippen LogP contribution in [0.2, 0.25) is 0 Å². The lowest BCUT2D eigenvalue weighted by Gasteiger charge is -2.36. The van der Waals surface area contributed by atoms with Gasteiger partial charge in [-0.3, -0.25) is 9.78 Å². The molecular weight excluding hydrogens is 439 g/mol. The van der Waals surface area contributed by atoms with E-state index in [4.69, 9.17) is 21.2 Å². The molecular formula is C23H23FN8O2. The molecule has 0 radical (unpaired) electrons. The van der Waals surface area contributed by atoms with E-state index in [0.29, 0.717) is 34.4 Å². The van der Waals surface area contributed by atoms with Crippen LogP contribution in [0.3, 0.4) is 0 Å². The van der Waals surface area contributed by atoms with Gasteiger partial charge in [-0.15, -0.1) is 0 Å². The molecule has 1 amide bonds. The standard InChI is InChI=1S/C23H23FN8O2/c1-27-17-5-12(24)4-14-18-21(29-19(14)17)30-23(34-13-2-10(20(26)33)6-28-7-13)31-22(18)32-8-11-3-16(25)15(11)9-32/h2,4-7,11,15-16,27H,3,8-9,25H2,1H3,(H2,26,33)(H,29,30,31). The van der Waals surface area contributed by atoms with Crippen molar-refractivity contribution in [1.82, 2.24) is 19.9 Å². The predicted molar refractivity (Wildman–Crippen MR) is 126 cm³/mol. The summed E-state index contributed by atoms with van der Waals surface area (Å²) >= 11 is 0. The van der Waals surface area contributed by atoms with Crippen LogP contribution in [0, 0.1) is 17.7 Å². The zero-order valence-corrected chi connectivity index (χ0v) is 18.4. The second-order valence-corrected chi connectivity index (χ2v) is 8.91. The highest BCUT2D eigenvalue weighted by Crippen LogP contribution is 2.44. The van der Waals surface area contributed by atoms with Crippen LogP contribution in [0.1, 0.15) is 16.8 Å². The molecule has 4 heterocycles. The van der Waals surface area contributed by atoms with E-state index in [1.165, 1.54) is 30.6 Å². The van der Waals surface area contributed by atoms with Gasteiger partial charge in [-0.1, -0.05) is 0 Å². The quantitative estimate of drug-likeness (QED) is 0.353. The van der Waals surface area contributed by atoms with E-state index in [0.717, 1.165) is 30.4 Å². The van der Waals surface area contributed by atoms with Crippen LogP contribution in [0.4, 0.5) is 15.9 Å². The number of rotatable bonds is 5. The molecule has 10 nitrogen and oxygen atoms in total. The Kier molecular flexibility index (Phi) is 4.56. The molecule has 1 saturated carbocycles. The lowest BCUT2D eigenvalue weighted by atomic mass is 9.72. The first-order chi connectivity index (χ1) is 16.4. The average molecular weight is 462 g/mol. The van der Waals surface area contributed by atoms with Crippen LogP contribution >= 0.6 is 0 Å². The van der Waals surface area contributed by atoms with Crippen molar-refractivity contribution in [3.63, 3.8) is 0 Å². The number of pyridine rings is 1. The highest BCUT2D eigenvalue weighted by molar-refractivity contribution is 6.14. The SMILES string of the molecule is CNc1cc(F)cc2c1[nH]c1nc(Oc3cncc(C(N)=O)c3)nc(N3CC4CC(N)C4C3)c12. The minimum Gasteiger partial charge on any atom is -0.423 e. The number of anilines is 2. The van der Waals surface area contributed by atoms with Crippen LogP contribution in [0.15, 0.2) is 30.6 Å². The molecule has 174 valence electrons. The van der Waals surface area contributed by atoms with Gasteiger partial charge in [0.25, 0.3) is 0 Å². The molecule has 1 aliphatic carbocycles. The Bertz CT molecular complexity index is 1450. The van der Waals surface area contributed by atoms with Gasteiger partial charge in [0.15, 0.2) is 0 Å². The number of H-pyrrole nitrogens is 1. The third-order valence-electron chi connectivity index (χ3n) is 6.88. The number of fused-ring (bicyclic) bond motifs is 4. The Balaban J connectivity index is 1.51. The first kappa shape index (κ1) is 20.6. The fourth-order valence-electron chi connectivity index (χ4n) is 5.14. The maximum atomic E-state index is 14.5. The molecule has 3 unspecified atom stereocenters. The van der Waals surface area contributed by atoms with E-state index in [1.807, 2.05) is 0 Å². The normalized spacial score (nSPS) is 21.5. The van der Waals surface area contributed by atoms with Crippen LogP contribution in [-0.4, -0.2) is 52.0 Å². The largest absolute Gasteiger partial charge is 0.423 e. The molecule has 3 atom stereocenters. The molecule has 1 aromatic carbocycles. The summed E-state index contributed by atoms with van der Waals surface area (Å²) in [4.78, 5) is 30.3. The van der Waals surface area contributed by atoms with Crippen LogP contribution < -0.4 is 26.4 Å². The van der Waals surface area contributed by atoms with Gasteiger partial charge < -0.3 is 31.4 Å². The van der Waals surface area contributed by atoms with Crippen molar-refractivity contribution >= 4 is 39.3 Å². The number of ether oxygens (including phenoxy) is 1. The van der Waals surface area contributed by atoms with Crippen molar-refractivity contribution < 1.29 is 13.9 Å². The smallest absolute Gasteiger partial charge is 0.326 e. The third-order valence-corrected chi connectivity index (χ3v) is 6.88. The highest BCUT2D eigenvalue weighted by atomic mass is 19.1. The number of hydrogen-bond acceptors (Lipinski definition) is 8. The van der Waals surface area contributed by atoms with E-state index in [9.17, 15) is 9.18 Å². The second kappa shape index (κ2) is 7.52. The predicted octanol–water partition coefficient (Wildman–Crippen LogP) is 2.36. The summed E-state index contributed by atoms with van der Waals surface area (Å²) in [6.07, 6.45) is 3.80. The van der Waals surface area contributed by atoms with E-state index in [1.54, 1.807) is 7.05 Å². The second-order valence-electron chi connectivity index (χ2n) is 8.91. The summed E-state index contributed by atoms with van der Waals surface area (Å²) in [5, 5.41) is 4.43. The fraction of sp³-hybridized carbons (Fsp3) is 0.304. The number of amides is 1. The van der Waals surface area contributed by atoms with Gasteiger partial charge in [0.1, 0.15) is 23.0 Å². The molecule has 6 rings (SSSR count). The summed E-state index contributed by atoms with van der Waals surface area (Å²) < 4.78 is 20.4. The molecule has 0 bridgehead atoms. The Hall–Kier alpha value is -3.99. The number of carbonyl (C=O) groups is 1. The Labute approximate surface area is 193 Å². The van der Waals surface area contributed by atoms with Gasteiger partial charge in [-0.2, -0.15) is 9.97 Å². The Morgan fingerprint density at radius 3 is 2.85 bits per heavy atom. The van der Waals surface area contributed by atoms with E-state index in [-0.39, 0.29) is 29.2 Å². The minimum atomic E-state index is -0.615. The molecule has 0 spiro atoms. The van der Waals surface area contributed by atoms with Crippen LogP contribution in [0.5, 0.6) is 11.8 Å². The summed E-state index contributed by atoms with van der Waals surface area (Å²) in [6.45, 7) is 1.57. The topological polar surface area (TPSA) is 148 Å². The number of nitrogens with two attached hydrogens (primary N) is 2. The minimum absolute atomic E-state index is 0.0764. The van der Waals surface area contributed by atoms with Gasteiger partial charge in [0.2, 0.25) is 5.91 Å². The number of primary amides is 1. The number of aromatic nitrogens is 4. The third kappa shape index (κ3) is 3.19. The van der Waals surface area contributed by atoms with Gasteiger partial charge >= 0.3 is 6.01 Å². The molecule has 1 saturated heterocycles. The zero-order chi connectivity index (χ0) is 23.6. The first-order valence-electron chi connectivity index (χ1n) is 11.0. The molecule has 3 aromatic heterocycles. The van der Waals surface area contributed by atoms with Gasteiger partial charge in [0.05, 0.1) is 28.4 Å². The number of nitrogens with zero attached hydrogens (tertiary/aromatic N) is 4. The highest BCUT2D eigenvalue weighted by Gasteiger charge is 2.46. The maximum Gasteiger partial charge on any atom is 0.326 e. The number of halogens is 1. The lowest BCUT2D eigenvalue weighted by Crippen LogP contribution is -2.46. The van der Waals surface area contributed by atoms with Crippen molar-refractivity contribution in [1.29, 1.82) is 0 Å². The van der Waals surface area contributed by atoms with E-state index in [2.05, 4.69) is 25.2 Å². The number of benzene rings is 1. The zero-order valence-electron chi connectivity index (χ0n) is 18.4. The summed E-state index contributed by atoms with van der Waals surface area (Å²) in [5.74, 6) is 0.872. The monoisotopic (exact) mass is 462 g/mol. The molecule has 1 aliphatic heterocycles. The summed E-state index contributed by atoms with van der Waals surface area (Å²) in [5.41, 5.74) is 13.6. The molecule has 2 fully saturated rings. The molecule has 11 heteroatoms. The number of hydrogen-bond donors (Lipinski definition) is 4. The summed E-state index contributed by atoms with van der Waals surface area (Å²) in [6, 6.07) is 4.66. The van der Waals surface area contributed by atoms with Crippen molar-refractivity contribution in [3.8, 4) is 11.8 Å². The van der Waals surface area contributed by atoms with E-state index >= 15 is 0 Å². The first-order valence-corrected chi connectivity index (χ1v) is 11.0. The van der Waals surface area contributed by atoms with Gasteiger partial charge in [0, 0.05) is 37.8 Å². The lowest BCUT2D eigenvalue weighted by molar-refractivity contribution is 0.0999. The average Bonchev–Trinajstić information content (AvgIpc) is 3.35. The van der Waals surface area contributed by atoms with Crippen LogP contribution in [0.25, 0.3) is 21.9 Å². The fourth-order valence-corrected chi connectivity index (χ4v) is 5.14. The number of carbonyl (C=O) groups excluding carboxylic acids is 1. The Morgan fingerprint density at radius 1 is 1.26 bits per heavy atom. The van der Waals surface area contributed by atoms with Crippen molar-refractivity contribution in [2.45, 2.75) is 12.5 Å². The van der Waals surface area contributed by atoms with Crippen LogP contribution in [-0.2, 0) is 0 Å². The Morgan fingerprint density at radius 2 is 2.12 bits per heavy atom. The molecule has 2 aliphatic rings.